The van der Waals surface area contributed by atoms with E-state index in [1.807, 2.05) is 36.4 Å². The molecule has 0 unspecified atom stereocenters. The van der Waals surface area contributed by atoms with Crippen LogP contribution in [-0.2, 0) is 0 Å². The number of aromatic nitrogens is 2. The van der Waals surface area contributed by atoms with Gasteiger partial charge in [0, 0.05) is 15.5 Å². The predicted octanol–water partition coefficient (Wildman–Crippen LogP) is 4.45. The smallest absolute Gasteiger partial charge is 0.141 e. The predicted molar refractivity (Wildman–Crippen MR) is 88.3 cm³/mol. The van der Waals surface area contributed by atoms with Crippen LogP contribution >= 0.6 is 15.9 Å². The van der Waals surface area contributed by atoms with Crippen molar-refractivity contribution in [3.8, 4) is 5.75 Å². The summed E-state index contributed by atoms with van der Waals surface area (Å²) in [5.74, 6) is 1.55. The van der Waals surface area contributed by atoms with Crippen LogP contribution in [0.15, 0.2) is 47.2 Å². The van der Waals surface area contributed by atoms with E-state index in [2.05, 4.69) is 38.1 Å². The van der Waals surface area contributed by atoms with E-state index in [9.17, 15) is 0 Å². The Labute approximate surface area is 131 Å². The maximum atomic E-state index is 5.28. The van der Waals surface area contributed by atoms with Gasteiger partial charge >= 0.3 is 0 Å². The zero-order valence-electron chi connectivity index (χ0n) is 11.7. The summed E-state index contributed by atoms with van der Waals surface area (Å²) in [5.41, 5.74) is 3.01. The maximum Gasteiger partial charge on any atom is 0.141 e. The minimum Gasteiger partial charge on any atom is -0.497 e. The summed E-state index contributed by atoms with van der Waals surface area (Å²) in [6, 6.07) is 11.8. The van der Waals surface area contributed by atoms with E-state index in [1.54, 1.807) is 13.4 Å². The topological polar surface area (TPSA) is 47.0 Å². The van der Waals surface area contributed by atoms with E-state index < -0.39 is 0 Å². The fourth-order valence-corrected chi connectivity index (χ4v) is 2.50. The fourth-order valence-electron chi connectivity index (χ4n) is 2.13. The molecule has 1 aromatic heterocycles. The molecule has 0 atom stereocenters. The lowest BCUT2D eigenvalue weighted by atomic mass is 10.2. The molecule has 1 N–H and O–H groups in total. The quantitative estimate of drug-likeness (QED) is 0.762. The molecule has 4 nitrogen and oxygen atoms in total. The zero-order chi connectivity index (χ0) is 14.8. The van der Waals surface area contributed by atoms with Gasteiger partial charge in [-0.25, -0.2) is 9.97 Å². The highest BCUT2D eigenvalue weighted by atomic mass is 79.9. The van der Waals surface area contributed by atoms with Gasteiger partial charge in [-0.2, -0.15) is 0 Å². The van der Waals surface area contributed by atoms with Gasteiger partial charge in [0.2, 0.25) is 0 Å². The van der Waals surface area contributed by atoms with Crippen LogP contribution in [0, 0.1) is 6.92 Å². The highest BCUT2D eigenvalue weighted by Gasteiger charge is 2.08. The van der Waals surface area contributed by atoms with Crippen LogP contribution in [0.1, 0.15) is 5.56 Å². The third-order valence-electron chi connectivity index (χ3n) is 3.36. The second kappa shape index (κ2) is 5.69. The number of anilines is 2. The number of nitrogens with zero attached hydrogens (tertiary/aromatic N) is 2. The van der Waals surface area contributed by atoms with E-state index in [-0.39, 0.29) is 0 Å². The van der Waals surface area contributed by atoms with Crippen molar-refractivity contribution in [1.29, 1.82) is 0 Å². The number of nitrogens with one attached hydrogen (secondary N) is 1. The molecule has 5 heteroatoms. The van der Waals surface area contributed by atoms with Gasteiger partial charge in [-0.05, 0) is 42.8 Å². The Bertz CT molecular complexity index is 805. The summed E-state index contributed by atoms with van der Waals surface area (Å²) in [5, 5.41) is 4.30. The highest BCUT2D eigenvalue weighted by Crippen LogP contribution is 2.30. The Morgan fingerprint density at radius 2 is 2.00 bits per heavy atom. The summed E-state index contributed by atoms with van der Waals surface area (Å²) in [7, 11) is 1.65. The molecule has 3 rings (SSSR count). The van der Waals surface area contributed by atoms with Crippen molar-refractivity contribution in [2.45, 2.75) is 6.92 Å². The molecule has 0 aliphatic heterocycles. The number of hydrogen-bond acceptors (Lipinski definition) is 4. The van der Waals surface area contributed by atoms with Crippen LogP contribution in [0.4, 0.5) is 11.5 Å². The average molecular weight is 344 g/mol. The lowest BCUT2D eigenvalue weighted by molar-refractivity contribution is 0.415. The van der Waals surface area contributed by atoms with Crippen LogP contribution in [0.3, 0.4) is 0 Å². The molecule has 0 aliphatic carbocycles. The van der Waals surface area contributed by atoms with Gasteiger partial charge < -0.3 is 10.1 Å². The molecule has 0 saturated carbocycles. The summed E-state index contributed by atoms with van der Waals surface area (Å²) >= 11 is 3.54. The first-order valence-electron chi connectivity index (χ1n) is 6.50. The number of methoxy groups -OCH3 is 1. The minimum atomic E-state index is 0.764. The van der Waals surface area contributed by atoms with E-state index in [0.29, 0.717) is 0 Å². The monoisotopic (exact) mass is 343 g/mol. The Kier molecular flexibility index (Phi) is 3.75. The standard InChI is InChI=1S/C16H14BrN3O/c1-10-13(17)4-3-5-14(10)20-16-12-8-11(21-2)6-7-15(12)18-9-19-16/h3-9H,1-2H3,(H,18,19,20). The van der Waals surface area contributed by atoms with Crippen molar-refractivity contribution in [3.05, 3.63) is 52.8 Å². The molecule has 0 amide bonds. The first-order valence-corrected chi connectivity index (χ1v) is 7.29. The number of ether oxygens (including phenoxy) is 1. The van der Waals surface area contributed by atoms with E-state index in [4.69, 9.17) is 4.74 Å². The molecule has 0 bridgehead atoms. The van der Waals surface area contributed by atoms with Gasteiger partial charge in [-0.1, -0.05) is 22.0 Å². The van der Waals surface area contributed by atoms with Crippen molar-refractivity contribution in [3.63, 3.8) is 0 Å². The van der Waals surface area contributed by atoms with Gasteiger partial charge in [-0.15, -0.1) is 0 Å². The van der Waals surface area contributed by atoms with Crippen LogP contribution in [0.2, 0.25) is 0 Å². The van der Waals surface area contributed by atoms with Gasteiger partial charge in [0.25, 0.3) is 0 Å². The summed E-state index contributed by atoms with van der Waals surface area (Å²) < 4.78 is 6.34. The average Bonchev–Trinajstić information content (AvgIpc) is 2.51. The Balaban J connectivity index is 2.09. The number of rotatable bonds is 3. The minimum absolute atomic E-state index is 0.764. The second-order valence-corrected chi connectivity index (χ2v) is 5.50. The highest BCUT2D eigenvalue weighted by molar-refractivity contribution is 9.10. The third kappa shape index (κ3) is 2.69. The molecule has 0 fully saturated rings. The fraction of sp³-hybridized carbons (Fsp3) is 0.125. The van der Waals surface area contributed by atoms with Crippen LogP contribution in [0.5, 0.6) is 5.75 Å². The van der Waals surface area contributed by atoms with Gasteiger partial charge in [0.15, 0.2) is 0 Å². The van der Waals surface area contributed by atoms with E-state index in [1.165, 1.54) is 0 Å². The SMILES string of the molecule is COc1ccc2ncnc(Nc3cccc(Br)c3C)c2c1. The Hall–Kier alpha value is -2.14. The Morgan fingerprint density at radius 1 is 1.14 bits per heavy atom. The molecule has 1 heterocycles. The molecule has 0 radical (unpaired) electrons. The molecular weight excluding hydrogens is 330 g/mol. The number of halogens is 1. The zero-order valence-corrected chi connectivity index (χ0v) is 13.3. The lowest BCUT2D eigenvalue weighted by Gasteiger charge is -2.12. The second-order valence-electron chi connectivity index (χ2n) is 4.64. The molecule has 0 spiro atoms. The molecule has 0 aliphatic rings. The molecule has 2 aromatic carbocycles. The third-order valence-corrected chi connectivity index (χ3v) is 4.22. The van der Waals surface area contributed by atoms with Crippen molar-refractivity contribution in [2.75, 3.05) is 12.4 Å². The van der Waals surface area contributed by atoms with Crippen LogP contribution in [-0.4, -0.2) is 17.1 Å². The van der Waals surface area contributed by atoms with Gasteiger partial charge in [0.1, 0.15) is 17.9 Å². The molecule has 3 aromatic rings. The number of fused-ring (bicyclic) bond motifs is 1. The molecular formula is C16H14BrN3O. The van der Waals surface area contributed by atoms with Crippen molar-refractivity contribution in [1.82, 2.24) is 9.97 Å². The first kappa shape index (κ1) is 13.8. The lowest BCUT2D eigenvalue weighted by Crippen LogP contribution is -1.98. The summed E-state index contributed by atoms with van der Waals surface area (Å²) in [6.07, 6.45) is 1.56. The van der Waals surface area contributed by atoms with Crippen molar-refractivity contribution in [2.24, 2.45) is 0 Å². The van der Waals surface area contributed by atoms with Gasteiger partial charge in [-0.3, -0.25) is 0 Å². The molecule has 0 saturated heterocycles. The number of hydrogen-bond donors (Lipinski definition) is 1. The van der Waals surface area contributed by atoms with Crippen LogP contribution in [0.25, 0.3) is 10.9 Å². The molecule has 21 heavy (non-hydrogen) atoms. The van der Waals surface area contributed by atoms with Crippen molar-refractivity contribution < 1.29 is 4.74 Å². The van der Waals surface area contributed by atoms with E-state index >= 15 is 0 Å². The van der Waals surface area contributed by atoms with Crippen LogP contribution < -0.4 is 10.1 Å². The van der Waals surface area contributed by atoms with E-state index in [0.717, 1.165) is 38.2 Å². The maximum absolute atomic E-state index is 5.28. The largest absolute Gasteiger partial charge is 0.497 e. The summed E-state index contributed by atoms with van der Waals surface area (Å²) in [6.45, 7) is 2.05. The molecule has 106 valence electrons. The van der Waals surface area contributed by atoms with Crippen molar-refractivity contribution >= 4 is 38.3 Å². The first-order chi connectivity index (χ1) is 10.2. The normalized spacial score (nSPS) is 10.6. The Morgan fingerprint density at radius 3 is 2.81 bits per heavy atom. The number of benzene rings is 2. The summed E-state index contributed by atoms with van der Waals surface area (Å²) in [4.78, 5) is 8.64. The van der Waals surface area contributed by atoms with Gasteiger partial charge in [0.05, 0.1) is 12.6 Å².